The van der Waals surface area contributed by atoms with E-state index >= 15 is 0 Å². The first-order valence-corrected chi connectivity index (χ1v) is 7.89. The maximum atomic E-state index is 12.0. The number of ether oxygens (including phenoxy) is 1. The maximum Gasteiger partial charge on any atom is 0.251 e. The summed E-state index contributed by atoms with van der Waals surface area (Å²) >= 11 is 5.80. The van der Waals surface area contributed by atoms with Gasteiger partial charge in [0.15, 0.2) is 0 Å². The minimum absolute atomic E-state index is 0.104. The summed E-state index contributed by atoms with van der Waals surface area (Å²) in [4.78, 5) is 23.8. The van der Waals surface area contributed by atoms with Crippen LogP contribution in [0.1, 0.15) is 15.9 Å². The van der Waals surface area contributed by atoms with Crippen LogP contribution in [0.5, 0.6) is 5.75 Å². The van der Waals surface area contributed by atoms with Gasteiger partial charge in [-0.05, 0) is 35.9 Å². The molecule has 2 N–H and O–H groups in total. The first-order valence-electron chi connectivity index (χ1n) is 7.52. The summed E-state index contributed by atoms with van der Waals surface area (Å²) in [7, 11) is 1.55. The van der Waals surface area contributed by atoms with Crippen molar-refractivity contribution >= 4 is 23.4 Å². The number of carbonyl (C=O) groups is 2. The highest BCUT2D eigenvalue weighted by atomic mass is 35.5. The van der Waals surface area contributed by atoms with Crippen LogP contribution in [0, 0.1) is 0 Å². The van der Waals surface area contributed by atoms with Gasteiger partial charge < -0.3 is 15.4 Å². The molecule has 2 aromatic rings. The molecule has 24 heavy (non-hydrogen) atoms. The molecule has 0 fully saturated rings. The van der Waals surface area contributed by atoms with Crippen molar-refractivity contribution in [2.45, 2.75) is 6.42 Å². The molecule has 0 spiro atoms. The molecule has 0 radical (unpaired) electrons. The average Bonchev–Trinajstić information content (AvgIpc) is 2.60. The van der Waals surface area contributed by atoms with Crippen LogP contribution in [-0.4, -0.2) is 32.0 Å². The molecule has 5 nitrogen and oxygen atoms in total. The number of carbonyl (C=O) groups excluding carboxylic acids is 2. The maximum absolute atomic E-state index is 12.0. The number of hydrogen-bond acceptors (Lipinski definition) is 3. The van der Waals surface area contributed by atoms with Crippen molar-refractivity contribution in [2.75, 3.05) is 20.2 Å². The van der Waals surface area contributed by atoms with Gasteiger partial charge in [0.2, 0.25) is 5.91 Å². The zero-order valence-corrected chi connectivity index (χ0v) is 14.1. The third-order valence-corrected chi connectivity index (χ3v) is 3.59. The first kappa shape index (κ1) is 17.8. The lowest BCUT2D eigenvalue weighted by Crippen LogP contribution is -2.35. The monoisotopic (exact) mass is 346 g/mol. The molecule has 0 unspecified atom stereocenters. The minimum atomic E-state index is -0.208. The van der Waals surface area contributed by atoms with Gasteiger partial charge in [0, 0.05) is 23.7 Å². The van der Waals surface area contributed by atoms with Gasteiger partial charge >= 0.3 is 0 Å². The third-order valence-electron chi connectivity index (χ3n) is 3.34. The van der Waals surface area contributed by atoms with Crippen molar-refractivity contribution in [2.24, 2.45) is 0 Å². The Labute approximate surface area is 146 Å². The molecule has 2 aromatic carbocycles. The van der Waals surface area contributed by atoms with Gasteiger partial charge in [-0.2, -0.15) is 0 Å². The number of nitrogens with one attached hydrogen (secondary N) is 2. The predicted molar refractivity (Wildman–Crippen MR) is 93.5 cm³/mol. The summed E-state index contributed by atoms with van der Waals surface area (Å²) in [6, 6.07) is 14.0. The second kappa shape index (κ2) is 8.93. The van der Waals surface area contributed by atoms with Gasteiger partial charge in [-0.15, -0.1) is 0 Å². The molecule has 2 rings (SSSR count). The van der Waals surface area contributed by atoms with Crippen molar-refractivity contribution in [3.05, 3.63) is 64.7 Å². The van der Waals surface area contributed by atoms with Gasteiger partial charge in [0.05, 0.1) is 13.5 Å². The van der Waals surface area contributed by atoms with Crippen molar-refractivity contribution in [3.63, 3.8) is 0 Å². The van der Waals surface area contributed by atoms with Gasteiger partial charge in [-0.1, -0.05) is 29.8 Å². The van der Waals surface area contributed by atoms with E-state index in [1.165, 1.54) is 0 Å². The molecule has 0 heterocycles. The fraction of sp³-hybridized carbons (Fsp3) is 0.222. The van der Waals surface area contributed by atoms with Crippen LogP contribution in [0.25, 0.3) is 0 Å². The summed E-state index contributed by atoms with van der Waals surface area (Å²) in [5.74, 6) is 0.313. The van der Waals surface area contributed by atoms with Crippen LogP contribution in [0.15, 0.2) is 48.5 Å². The van der Waals surface area contributed by atoms with Crippen molar-refractivity contribution in [1.29, 1.82) is 0 Å². The second-order valence-corrected chi connectivity index (χ2v) is 5.58. The summed E-state index contributed by atoms with van der Waals surface area (Å²) in [5.41, 5.74) is 1.40. The van der Waals surface area contributed by atoms with Gasteiger partial charge in [0.1, 0.15) is 5.75 Å². The normalized spacial score (nSPS) is 10.1. The van der Waals surface area contributed by atoms with Crippen LogP contribution < -0.4 is 15.4 Å². The Morgan fingerprint density at radius 1 is 1.04 bits per heavy atom. The summed E-state index contributed by atoms with van der Waals surface area (Å²) in [5, 5.41) is 6.15. The van der Waals surface area contributed by atoms with E-state index in [0.717, 1.165) is 5.56 Å². The number of rotatable bonds is 7. The molecule has 0 aromatic heterocycles. The lowest BCUT2D eigenvalue weighted by molar-refractivity contribution is -0.120. The Bertz CT molecular complexity index is 702. The molecular weight excluding hydrogens is 328 g/mol. The highest BCUT2D eigenvalue weighted by Gasteiger charge is 2.07. The van der Waals surface area contributed by atoms with E-state index in [4.69, 9.17) is 16.3 Å². The predicted octanol–water partition coefficient (Wildman–Crippen LogP) is 2.44. The van der Waals surface area contributed by atoms with Crippen LogP contribution in [0.2, 0.25) is 5.02 Å². The molecule has 126 valence electrons. The number of methoxy groups -OCH3 is 1. The smallest absolute Gasteiger partial charge is 0.251 e. The van der Waals surface area contributed by atoms with E-state index in [-0.39, 0.29) is 18.2 Å². The number of hydrogen-bond donors (Lipinski definition) is 2. The topological polar surface area (TPSA) is 67.4 Å². The van der Waals surface area contributed by atoms with Gasteiger partial charge in [-0.3, -0.25) is 9.59 Å². The fourth-order valence-corrected chi connectivity index (χ4v) is 2.22. The number of halogens is 1. The highest BCUT2D eigenvalue weighted by Crippen LogP contribution is 2.12. The van der Waals surface area contributed by atoms with E-state index < -0.39 is 0 Å². The fourth-order valence-electron chi connectivity index (χ4n) is 2.09. The Hall–Kier alpha value is -2.53. The molecule has 0 atom stereocenters. The van der Waals surface area contributed by atoms with Crippen molar-refractivity contribution < 1.29 is 14.3 Å². The SMILES string of the molecule is COc1cccc(C(=O)NCCNC(=O)Cc2ccc(Cl)cc2)c1. The zero-order valence-electron chi connectivity index (χ0n) is 13.3. The Morgan fingerprint density at radius 2 is 1.75 bits per heavy atom. The van der Waals surface area contributed by atoms with E-state index in [2.05, 4.69) is 10.6 Å². The molecule has 0 aliphatic carbocycles. The first-order chi connectivity index (χ1) is 11.6. The highest BCUT2D eigenvalue weighted by molar-refractivity contribution is 6.30. The lowest BCUT2D eigenvalue weighted by Gasteiger charge is -2.08. The van der Waals surface area contributed by atoms with E-state index in [1.807, 2.05) is 12.1 Å². The van der Waals surface area contributed by atoms with Crippen molar-refractivity contribution in [3.8, 4) is 5.75 Å². The Morgan fingerprint density at radius 3 is 2.46 bits per heavy atom. The molecule has 0 bridgehead atoms. The summed E-state index contributed by atoms with van der Waals surface area (Å²) in [6.45, 7) is 0.713. The summed E-state index contributed by atoms with van der Waals surface area (Å²) in [6.07, 6.45) is 0.279. The zero-order chi connectivity index (χ0) is 17.4. The molecule has 0 aliphatic rings. The summed E-state index contributed by atoms with van der Waals surface area (Å²) < 4.78 is 5.08. The molecule has 0 aliphatic heterocycles. The lowest BCUT2D eigenvalue weighted by atomic mass is 10.1. The average molecular weight is 347 g/mol. The van der Waals surface area contributed by atoms with E-state index in [0.29, 0.717) is 29.4 Å². The largest absolute Gasteiger partial charge is 0.497 e. The minimum Gasteiger partial charge on any atom is -0.497 e. The number of amides is 2. The quantitative estimate of drug-likeness (QED) is 0.757. The van der Waals surface area contributed by atoms with Crippen LogP contribution in [0.4, 0.5) is 0 Å². The standard InChI is InChI=1S/C18H19ClN2O3/c1-24-16-4-2-3-14(12-16)18(23)21-10-9-20-17(22)11-13-5-7-15(19)8-6-13/h2-8,12H,9-11H2,1H3,(H,20,22)(H,21,23). The van der Waals surface area contributed by atoms with Crippen LogP contribution >= 0.6 is 11.6 Å². The van der Waals surface area contributed by atoms with Crippen molar-refractivity contribution in [1.82, 2.24) is 10.6 Å². The molecule has 2 amide bonds. The number of benzene rings is 2. The second-order valence-electron chi connectivity index (χ2n) is 5.14. The molecule has 0 saturated heterocycles. The molecular formula is C18H19ClN2O3. The third kappa shape index (κ3) is 5.59. The molecule has 0 saturated carbocycles. The van der Waals surface area contributed by atoms with Crippen LogP contribution in [0.3, 0.4) is 0 Å². The van der Waals surface area contributed by atoms with E-state index in [1.54, 1.807) is 43.5 Å². The Kier molecular flexibility index (Phi) is 6.63. The van der Waals surface area contributed by atoms with E-state index in [9.17, 15) is 9.59 Å². The Balaban J connectivity index is 1.71. The molecule has 6 heteroatoms. The van der Waals surface area contributed by atoms with Crippen LogP contribution in [-0.2, 0) is 11.2 Å². The van der Waals surface area contributed by atoms with Gasteiger partial charge in [0.25, 0.3) is 5.91 Å². The van der Waals surface area contributed by atoms with Gasteiger partial charge in [-0.25, -0.2) is 0 Å².